The summed E-state index contributed by atoms with van der Waals surface area (Å²) in [5.74, 6) is 0.284. The van der Waals surface area contributed by atoms with Gasteiger partial charge < -0.3 is 5.32 Å². The summed E-state index contributed by atoms with van der Waals surface area (Å²) in [4.78, 5) is 23.5. The molecule has 1 heterocycles. The van der Waals surface area contributed by atoms with E-state index in [1.165, 1.54) is 37.4 Å². The molecule has 1 saturated carbocycles. The van der Waals surface area contributed by atoms with E-state index in [2.05, 4.69) is 10.4 Å². The van der Waals surface area contributed by atoms with Gasteiger partial charge in [0.25, 0.3) is 5.56 Å². The first kappa shape index (κ1) is 12.9. The molecule has 1 aromatic rings. The molecule has 0 bridgehead atoms. The highest BCUT2D eigenvalue weighted by Gasteiger charge is 2.15. The third-order valence-electron chi connectivity index (χ3n) is 3.52. The van der Waals surface area contributed by atoms with Crippen molar-refractivity contribution in [1.29, 1.82) is 0 Å². The summed E-state index contributed by atoms with van der Waals surface area (Å²) < 4.78 is 2.28. The molecule has 1 aliphatic carbocycles. The Morgan fingerprint density at radius 1 is 1.11 bits per heavy atom. The summed E-state index contributed by atoms with van der Waals surface area (Å²) in [6.07, 6.45) is 7.02. The molecule has 1 fully saturated rings. The maximum atomic E-state index is 11.9. The van der Waals surface area contributed by atoms with Gasteiger partial charge in [0.1, 0.15) is 0 Å². The van der Waals surface area contributed by atoms with Gasteiger partial charge in [-0.15, -0.1) is 5.10 Å². The van der Waals surface area contributed by atoms with E-state index in [1.807, 2.05) is 0 Å². The summed E-state index contributed by atoms with van der Waals surface area (Å²) in [7, 11) is 3.03. The van der Waals surface area contributed by atoms with Crippen molar-refractivity contribution in [1.82, 2.24) is 14.3 Å². The molecular formula is C12H20N4O2. The molecule has 1 N–H and O–H groups in total. The predicted molar refractivity (Wildman–Crippen MR) is 69.8 cm³/mol. The molecule has 0 aliphatic heterocycles. The fraction of sp³-hybridized carbons (Fsp3) is 0.750. The number of hydrogen-bond donors (Lipinski definition) is 1. The highest BCUT2D eigenvalue weighted by molar-refractivity contribution is 5.31. The van der Waals surface area contributed by atoms with Crippen molar-refractivity contribution in [2.45, 2.75) is 44.6 Å². The predicted octanol–water partition coefficient (Wildman–Crippen LogP) is 0.614. The van der Waals surface area contributed by atoms with Gasteiger partial charge >= 0.3 is 5.69 Å². The molecule has 0 atom stereocenters. The van der Waals surface area contributed by atoms with Crippen LogP contribution in [0.4, 0.5) is 5.82 Å². The molecule has 0 spiro atoms. The lowest BCUT2D eigenvalue weighted by Gasteiger charge is -2.16. The van der Waals surface area contributed by atoms with E-state index < -0.39 is 5.69 Å². The zero-order chi connectivity index (χ0) is 13.1. The van der Waals surface area contributed by atoms with Gasteiger partial charge in [0, 0.05) is 20.1 Å². The highest BCUT2D eigenvalue weighted by atomic mass is 16.2. The largest absolute Gasteiger partial charge is 0.361 e. The van der Waals surface area contributed by atoms with Gasteiger partial charge in [-0.1, -0.05) is 25.7 Å². The number of aryl methyl sites for hydroxylation is 1. The van der Waals surface area contributed by atoms with E-state index in [-0.39, 0.29) is 11.4 Å². The van der Waals surface area contributed by atoms with Gasteiger partial charge in [0.15, 0.2) is 0 Å². The monoisotopic (exact) mass is 252 g/mol. The number of anilines is 1. The van der Waals surface area contributed by atoms with E-state index in [0.717, 1.165) is 17.4 Å². The Bertz CT molecular complexity index is 524. The second-order valence-electron chi connectivity index (χ2n) is 4.95. The Hall–Kier alpha value is -1.59. The topological polar surface area (TPSA) is 68.9 Å². The average Bonchev–Trinajstić information content (AvgIpc) is 2.62. The van der Waals surface area contributed by atoms with Crippen LogP contribution < -0.4 is 16.6 Å². The van der Waals surface area contributed by atoms with Crippen molar-refractivity contribution < 1.29 is 0 Å². The summed E-state index contributed by atoms with van der Waals surface area (Å²) >= 11 is 0. The first-order valence-corrected chi connectivity index (χ1v) is 6.50. The fourth-order valence-corrected chi connectivity index (χ4v) is 2.41. The van der Waals surface area contributed by atoms with Crippen LogP contribution in [0.2, 0.25) is 0 Å². The van der Waals surface area contributed by atoms with Crippen LogP contribution >= 0.6 is 0 Å². The first-order valence-electron chi connectivity index (χ1n) is 6.50. The third-order valence-corrected chi connectivity index (χ3v) is 3.52. The SMILES string of the molecule is Cn1nc(NC2CCCCCC2)c(=O)n(C)c1=O. The Morgan fingerprint density at radius 2 is 1.72 bits per heavy atom. The van der Waals surface area contributed by atoms with E-state index in [9.17, 15) is 9.59 Å². The quantitative estimate of drug-likeness (QED) is 0.783. The van der Waals surface area contributed by atoms with Crippen LogP contribution in [-0.2, 0) is 14.1 Å². The van der Waals surface area contributed by atoms with Crippen LogP contribution in [0.1, 0.15) is 38.5 Å². The van der Waals surface area contributed by atoms with Crippen LogP contribution in [0, 0.1) is 0 Å². The first-order chi connectivity index (χ1) is 8.59. The molecule has 0 unspecified atom stereocenters. The number of hydrogen-bond acceptors (Lipinski definition) is 4. The molecule has 0 radical (unpaired) electrons. The molecule has 0 aromatic carbocycles. The molecule has 1 aromatic heterocycles. The number of rotatable bonds is 2. The minimum atomic E-state index is -0.397. The molecule has 1 aliphatic rings. The molecular weight excluding hydrogens is 232 g/mol. The third kappa shape index (κ3) is 2.63. The van der Waals surface area contributed by atoms with Gasteiger partial charge in [-0.05, 0) is 12.8 Å². The lowest BCUT2D eigenvalue weighted by Crippen LogP contribution is -2.41. The van der Waals surface area contributed by atoms with Crippen molar-refractivity contribution in [2.75, 3.05) is 5.32 Å². The van der Waals surface area contributed by atoms with Crippen molar-refractivity contribution in [3.8, 4) is 0 Å². The zero-order valence-electron chi connectivity index (χ0n) is 11.0. The smallest absolute Gasteiger partial charge is 0.346 e. The van der Waals surface area contributed by atoms with Gasteiger partial charge in [-0.2, -0.15) is 0 Å². The molecule has 6 nitrogen and oxygen atoms in total. The molecule has 0 amide bonds. The van der Waals surface area contributed by atoms with Crippen LogP contribution in [0.5, 0.6) is 0 Å². The highest BCUT2D eigenvalue weighted by Crippen LogP contribution is 2.19. The standard InChI is InChI=1S/C12H20N4O2/c1-15-11(17)10(14-16(2)12(15)18)13-9-7-5-3-4-6-8-9/h9H,3-8H2,1-2H3,(H,13,14). The minimum absolute atomic E-state index is 0.284. The molecule has 18 heavy (non-hydrogen) atoms. The fourth-order valence-electron chi connectivity index (χ4n) is 2.41. The molecule has 6 heteroatoms. The van der Waals surface area contributed by atoms with E-state index in [4.69, 9.17) is 0 Å². The summed E-state index contributed by atoms with van der Waals surface area (Å²) in [5.41, 5.74) is -0.742. The van der Waals surface area contributed by atoms with Crippen molar-refractivity contribution in [3.63, 3.8) is 0 Å². The second kappa shape index (κ2) is 5.37. The lowest BCUT2D eigenvalue weighted by molar-refractivity contribution is 0.578. The normalized spacial score (nSPS) is 17.4. The minimum Gasteiger partial charge on any atom is -0.361 e. The Balaban J connectivity index is 2.23. The maximum absolute atomic E-state index is 11.9. The summed E-state index contributed by atoms with van der Waals surface area (Å²) in [6.45, 7) is 0. The van der Waals surface area contributed by atoms with Crippen LogP contribution in [0.25, 0.3) is 0 Å². The zero-order valence-corrected chi connectivity index (χ0v) is 11.0. The maximum Gasteiger partial charge on any atom is 0.346 e. The van der Waals surface area contributed by atoms with Gasteiger partial charge in [-0.3, -0.25) is 9.36 Å². The van der Waals surface area contributed by atoms with Gasteiger partial charge in [0.2, 0.25) is 5.82 Å². The van der Waals surface area contributed by atoms with Crippen molar-refractivity contribution in [2.24, 2.45) is 14.1 Å². The summed E-state index contributed by atoms with van der Waals surface area (Å²) in [6, 6.07) is 0.296. The van der Waals surface area contributed by atoms with Crippen LogP contribution in [0.3, 0.4) is 0 Å². The van der Waals surface area contributed by atoms with Crippen molar-refractivity contribution in [3.05, 3.63) is 20.8 Å². The number of nitrogens with zero attached hydrogens (tertiary/aromatic N) is 3. The van der Waals surface area contributed by atoms with E-state index in [0.29, 0.717) is 6.04 Å². The van der Waals surface area contributed by atoms with Gasteiger partial charge in [0.05, 0.1) is 0 Å². The Morgan fingerprint density at radius 3 is 2.33 bits per heavy atom. The lowest BCUT2D eigenvalue weighted by atomic mass is 10.1. The van der Waals surface area contributed by atoms with Crippen molar-refractivity contribution >= 4 is 5.82 Å². The average molecular weight is 252 g/mol. The molecule has 0 saturated heterocycles. The van der Waals surface area contributed by atoms with Gasteiger partial charge in [-0.25, -0.2) is 9.48 Å². The Kier molecular flexibility index (Phi) is 3.84. The number of aromatic nitrogens is 3. The molecule has 100 valence electrons. The Labute approximate surface area is 106 Å². The number of nitrogens with one attached hydrogen (secondary N) is 1. The van der Waals surface area contributed by atoms with E-state index in [1.54, 1.807) is 7.05 Å². The van der Waals surface area contributed by atoms with Crippen LogP contribution in [-0.4, -0.2) is 20.4 Å². The molecule has 2 rings (SSSR count). The summed E-state index contributed by atoms with van der Waals surface area (Å²) in [5, 5.41) is 7.21. The second-order valence-corrected chi connectivity index (χ2v) is 4.95. The van der Waals surface area contributed by atoms with Crippen LogP contribution in [0.15, 0.2) is 9.59 Å². The van der Waals surface area contributed by atoms with E-state index >= 15 is 0 Å².